The van der Waals surface area contributed by atoms with Crippen molar-refractivity contribution in [3.63, 3.8) is 0 Å². The summed E-state index contributed by atoms with van der Waals surface area (Å²) in [5, 5.41) is 23.8. The van der Waals surface area contributed by atoms with Gasteiger partial charge in [0.25, 0.3) is 0 Å². The maximum Gasteiger partial charge on any atom is 0.387 e. The fourth-order valence-corrected chi connectivity index (χ4v) is 2.86. The van der Waals surface area contributed by atoms with Crippen LogP contribution in [0, 0.1) is 0 Å². The zero-order chi connectivity index (χ0) is 18.1. The van der Waals surface area contributed by atoms with E-state index in [1.54, 1.807) is 6.07 Å². The summed E-state index contributed by atoms with van der Waals surface area (Å²) in [6, 6.07) is 3.01. The van der Waals surface area contributed by atoms with Gasteiger partial charge in [0.05, 0.1) is 10.7 Å². The molecule has 10 heteroatoms. The molecule has 1 aliphatic rings. The lowest BCUT2D eigenvalue weighted by atomic mass is 10.1. The summed E-state index contributed by atoms with van der Waals surface area (Å²) in [7, 11) is 0. The molecule has 0 fully saturated rings. The van der Waals surface area contributed by atoms with E-state index in [2.05, 4.69) is 5.10 Å². The number of hydrogen-bond donors (Lipinski definition) is 2. The van der Waals surface area contributed by atoms with Crippen LogP contribution in [-0.2, 0) is 16.3 Å². The zero-order valence-corrected chi connectivity index (χ0v) is 14.5. The largest absolute Gasteiger partial charge is 0.476 e. The molecule has 0 bridgehead atoms. The highest BCUT2D eigenvalue weighted by Crippen LogP contribution is 2.48. The highest BCUT2D eigenvalue weighted by Gasteiger charge is 2.35. The summed E-state index contributed by atoms with van der Waals surface area (Å²) in [5.74, 6) is -1.19. The fraction of sp³-hybridized carbons (Fsp3) is 0.333. The number of fused-ring (bicyclic) bond motifs is 1. The van der Waals surface area contributed by atoms with Crippen LogP contribution in [0.4, 0.5) is 0 Å². The average Bonchev–Trinajstić information content (AvgIpc) is 3.22. The Morgan fingerprint density at radius 3 is 2.88 bits per heavy atom. The molecule has 134 valence electrons. The summed E-state index contributed by atoms with van der Waals surface area (Å²) < 4.78 is 17.1. The molecule has 1 aromatic heterocycles. The van der Waals surface area contributed by atoms with E-state index < -0.39 is 18.4 Å². The third-order valence-corrected chi connectivity index (χ3v) is 4.42. The van der Waals surface area contributed by atoms with E-state index in [9.17, 15) is 9.90 Å². The first kappa shape index (κ1) is 17.8. The molecule has 25 heavy (non-hydrogen) atoms. The summed E-state index contributed by atoms with van der Waals surface area (Å²) in [6.07, 6.45) is -1.18. The first-order valence-electron chi connectivity index (χ1n) is 7.29. The fourth-order valence-electron chi connectivity index (χ4n) is 2.37. The number of ether oxygens (including phenoxy) is 3. The van der Waals surface area contributed by atoms with Gasteiger partial charge in [-0.05, 0) is 19.1 Å². The van der Waals surface area contributed by atoms with Crippen molar-refractivity contribution in [2.24, 2.45) is 0 Å². The first-order valence-corrected chi connectivity index (χ1v) is 8.05. The molecule has 2 atom stereocenters. The highest BCUT2D eigenvalue weighted by molar-refractivity contribution is 6.43. The summed E-state index contributed by atoms with van der Waals surface area (Å²) in [5.41, 5.74) is 0.665. The molecule has 2 heterocycles. The standard InChI is InChI=1S/C15H14Cl2N2O6/c1-2-23-6-19-8(3-4-18-19)12(20)7-5-9-13(11(17)10(7)16)25-15(24-9)14(21)22/h3-5,12,15,20H,2,6H2,1H3,(H,21,22). The number of aromatic nitrogens is 2. The van der Waals surface area contributed by atoms with Gasteiger partial charge >= 0.3 is 12.3 Å². The smallest absolute Gasteiger partial charge is 0.387 e. The molecule has 0 saturated carbocycles. The maximum atomic E-state index is 11.0. The lowest BCUT2D eigenvalue weighted by molar-refractivity contribution is -0.154. The van der Waals surface area contributed by atoms with Gasteiger partial charge in [-0.3, -0.25) is 0 Å². The van der Waals surface area contributed by atoms with Gasteiger partial charge in [-0.15, -0.1) is 0 Å². The second kappa shape index (κ2) is 7.09. The van der Waals surface area contributed by atoms with Crippen molar-refractivity contribution in [3.05, 3.63) is 39.6 Å². The minimum absolute atomic E-state index is 0.0258. The van der Waals surface area contributed by atoms with Gasteiger partial charge in [-0.2, -0.15) is 5.10 Å². The SMILES string of the molecule is CCOCn1nccc1C(O)c1cc2c(c(Cl)c1Cl)OC(C(=O)O)O2. The van der Waals surface area contributed by atoms with E-state index in [0.717, 1.165) is 0 Å². The Kier molecular flexibility index (Phi) is 5.05. The number of halogens is 2. The van der Waals surface area contributed by atoms with Crippen LogP contribution in [-0.4, -0.2) is 38.9 Å². The van der Waals surface area contributed by atoms with Crippen LogP contribution in [0.2, 0.25) is 10.0 Å². The van der Waals surface area contributed by atoms with Crippen LogP contribution in [0.1, 0.15) is 24.3 Å². The Bertz CT molecular complexity index is 810. The second-order valence-corrected chi connectivity index (χ2v) is 5.86. The molecular formula is C15H14Cl2N2O6. The van der Waals surface area contributed by atoms with Gasteiger partial charge < -0.3 is 24.4 Å². The average molecular weight is 389 g/mol. The maximum absolute atomic E-state index is 11.0. The van der Waals surface area contributed by atoms with Crippen LogP contribution < -0.4 is 9.47 Å². The van der Waals surface area contributed by atoms with E-state index in [-0.39, 0.29) is 33.8 Å². The molecule has 2 aromatic rings. The number of nitrogens with zero attached hydrogens (tertiary/aromatic N) is 2. The van der Waals surface area contributed by atoms with E-state index in [0.29, 0.717) is 12.3 Å². The summed E-state index contributed by atoms with van der Waals surface area (Å²) in [6.45, 7) is 2.49. The quantitative estimate of drug-likeness (QED) is 0.782. The molecule has 2 N–H and O–H groups in total. The Balaban J connectivity index is 1.96. The zero-order valence-electron chi connectivity index (χ0n) is 13.0. The van der Waals surface area contributed by atoms with Gasteiger partial charge in [-0.1, -0.05) is 23.2 Å². The van der Waals surface area contributed by atoms with E-state index >= 15 is 0 Å². The Morgan fingerprint density at radius 2 is 2.20 bits per heavy atom. The molecular weight excluding hydrogens is 375 g/mol. The number of rotatable bonds is 6. The number of carbonyl (C=O) groups is 1. The van der Waals surface area contributed by atoms with Crippen LogP contribution in [0.15, 0.2) is 18.3 Å². The molecule has 1 aliphatic heterocycles. The van der Waals surface area contributed by atoms with Crippen molar-refractivity contribution in [2.45, 2.75) is 26.0 Å². The van der Waals surface area contributed by atoms with E-state index in [4.69, 9.17) is 42.5 Å². The van der Waals surface area contributed by atoms with Gasteiger partial charge in [0.1, 0.15) is 17.9 Å². The van der Waals surface area contributed by atoms with E-state index in [1.165, 1.54) is 16.9 Å². The Morgan fingerprint density at radius 1 is 1.44 bits per heavy atom. The number of aliphatic carboxylic acids is 1. The van der Waals surface area contributed by atoms with Crippen molar-refractivity contribution in [2.75, 3.05) is 6.61 Å². The number of hydrogen-bond acceptors (Lipinski definition) is 6. The molecule has 3 rings (SSSR count). The van der Waals surface area contributed by atoms with Crippen molar-refractivity contribution in [3.8, 4) is 11.5 Å². The number of carboxylic acids is 1. The van der Waals surface area contributed by atoms with Crippen molar-refractivity contribution in [1.82, 2.24) is 9.78 Å². The molecule has 8 nitrogen and oxygen atoms in total. The monoisotopic (exact) mass is 388 g/mol. The Labute approximate surface area is 152 Å². The minimum atomic E-state index is -1.51. The van der Waals surface area contributed by atoms with Crippen LogP contribution in [0.5, 0.6) is 11.5 Å². The third-order valence-electron chi connectivity index (χ3n) is 3.56. The molecule has 0 spiro atoms. The van der Waals surface area contributed by atoms with Gasteiger partial charge in [0.2, 0.25) is 0 Å². The molecule has 0 saturated heterocycles. The van der Waals surface area contributed by atoms with Crippen molar-refractivity contribution >= 4 is 29.2 Å². The van der Waals surface area contributed by atoms with Crippen LogP contribution in [0.3, 0.4) is 0 Å². The van der Waals surface area contributed by atoms with Crippen molar-refractivity contribution < 1.29 is 29.2 Å². The predicted molar refractivity (Wildman–Crippen MR) is 87.1 cm³/mol. The third kappa shape index (κ3) is 3.25. The first-order chi connectivity index (χ1) is 11.9. The molecule has 0 radical (unpaired) electrons. The molecule has 2 unspecified atom stereocenters. The Hall–Kier alpha value is -2.00. The highest BCUT2D eigenvalue weighted by atomic mass is 35.5. The summed E-state index contributed by atoms with van der Waals surface area (Å²) >= 11 is 12.4. The minimum Gasteiger partial charge on any atom is -0.476 e. The van der Waals surface area contributed by atoms with Crippen LogP contribution in [0.25, 0.3) is 0 Å². The second-order valence-electron chi connectivity index (χ2n) is 5.11. The number of aliphatic hydroxyl groups excluding tert-OH is 1. The number of benzene rings is 1. The predicted octanol–water partition coefficient (Wildman–Crippen LogP) is 2.45. The number of carboxylic acid groups (broad SMARTS) is 1. The summed E-state index contributed by atoms with van der Waals surface area (Å²) in [4.78, 5) is 11.0. The molecule has 1 aromatic carbocycles. The van der Waals surface area contributed by atoms with Gasteiger partial charge in [0, 0.05) is 18.4 Å². The van der Waals surface area contributed by atoms with Gasteiger partial charge in [-0.25, -0.2) is 9.48 Å². The lowest BCUT2D eigenvalue weighted by Gasteiger charge is -2.16. The van der Waals surface area contributed by atoms with Gasteiger partial charge in [0.15, 0.2) is 11.5 Å². The topological polar surface area (TPSA) is 103 Å². The normalized spacial score (nSPS) is 16.9. The molecule has 0 aliphatic carbocycles. The van der Waals surface area contributed by atoms with Crippen LogP contribution >= 0.6 is 23.2 Å². The van der Waals surface area contributed by atoms with E-state index in [1.807, 2.05) is 6.92 Å². The van der Waals surface area contributed by atoms with Crippen molar-refractivity contribution in [1.29, 1.82) is 0 Å². The lowest BCUT2D eigenvalue weighted by Crippen LogP contribution is -2.28. The molecule has 0 amide bonds. The number of aliphatic hydroxyl groups is 1.